The quantitative estimate of drug-likeness (QED) is 0.613. The van der Waals surface area contributed by atoms with Crippen LogP contribution < -0.4 is 0 Å². The summed E-state index contributed by atoms with van der Waals surface area (Å²) in [6.07, 6.45) is 5.61. The van der Waals surface area contributed by atoms with Crippen molar-refractivity contribution in [2.24, 2.45) is 71.0 Å². The minimum absolute atomic E-state index is 0.286. The topological polar surface area (TPSA) is 34.1 Å². The van der Waals surface area contributed by atoms with Crippen molar-refractivity contribution in [3.05, 3.63) is 12.2 Å². The summed E-state index contributed by atoms with van der Waals surface area (Å²) < 4.78 is 0. The van der Waals surface area contributed by atoms with E-state index < -0.39 is 0 Å². The molecule has 6 fully saturated rings. The van der Waals surface area contributed by atoms with Gasteiger partial charge >= 0.3 is 0 Å². The largest absolute Gasteiger partial charge is 0.299 e. The molecule has 96 valence electrons. The Labute approximate surface area is 111 Å². The molecule has 0 amide bonds. The molecule has 2 nitrogen and oxygen atoms in total. The second-order valence-corrected chi connectivity index (χ2v) is 8.31. The van der Waals surface area contributed by atoms with Gasteiger partial charge in [-0.05, 0) is 53.8 Å². The molecule has 0 aromatic rings. The Morgan fingerprint density at radius 3 is 1.74 bits per heavy atom. The first kappa shape index (κ1) is 9.10. The Morgan fingerprint density at radius 2 is 1.21 bits per heavy atom. The minimum Gasteiger partial charge on any atom is -0.299 e. The highest BCUT2D eigenvalue weighted by Crippen LogP contribution is 2.82. The van der Waals surface area contributed by atoms with E-state index in [2.05, 4.69) is 12.2 Å². The fourth-order valence-corrected chi connectivity index (χ4v) is 8.79. The van der Waals surface area contributed by atoms with Crippen molar-refractivity contribution in [2.45, 2.75) is 6.42 Å². The van der Waals surface area contributed by atoms with Gasteiger partial charge in [-0.25, -0.2) is 0 Å². The molecule has 0 bridgehead atoms. The first-order valence-corrected chi connectivity index (χ1v) is 8.05. The Bertz CT molecular complexity index is 569. The van der Waals surface area contributed by atoms with Crippen LogP contribution in [0.15, 0.2) is 12.2 Å². The minimum atomic E-state index is 0.286. The highest BCUT2D eigenvalue weighted by Gasteiger charge is 2.82. The average Bonchev–Trinajstić information content (AvgIpc) is 3.10. The molecule has 0 heterocycles. The van der Waals surface area contributed by atoms with Gasteiger partial charge in [0.2, 0.25) is 0 Å². The van der Waals surface area contributed by atoms with Crippen molar-refractivity contribution in [2.75, 3.05) is 0 Å². The van der Waals surface area contributed by atoms with E-state index in [9.17, 15) is 9.59 Å². The number of carbonyl (C=O) groups is 2. The maximum absolute atomic E-state index is 12.8. The Morgan fingerprint density at radius 1 is 0.684 bits per heavy atom. The number of Topliss-reactive ketones (excluding diaryl/α,β-unsaturated/α-hetero) is 2. The van der Waals surface area contributed by atoms with Crippen molar-refractivity contribution >= 4 is 11.6 Å². The number of hydrogen-bond acceptors (Lipinski definition) is 2. The van der Waals surface area contributed by atoms with Gasteiger partial charge in [-0.2, -0.15) is 0 Å². The van der Waals surface area contributed by atoms with Gasteiger partial charge in [0.25, 0.3) is 0 Å². The van der Waals surface area contributed by atoms with Crippen LogP contribution in [-0.2, 0) is 9.59 Å². The summed E-state index contributed by atoms with van der Waals surface area (Å²) in [5.41, 5.74) is 0. The van der Waals surface area contributed by atoms with Crippen molar-refractivity contribution in [3.8, 4) is 0 Å². The van der Waals surface area contributed by atoms with Crippen molar-refractivity contribution in [1.29, 1.82) is 0 Å². The Balaban J connectivity index is 1.61. The van der Waals surface area contributed by atoms with Gasteiger partial charge < -0.3 is 0 Å². The molecule has 0 saturated heterocycles. The number of rotatable bonds is 0. The summed E-state index contributed by atoms with van der Waals surface area (Å²) in [5, 5.41) is 0. The molecule has 2 unspecified atom stereocenters. The van der Waals surface area contributed by atoms with E-state index in [4.69, 9.17) is 0 Å². The second-order valence-electron chi connectivity index (χ2n) is 8.31. The molecular formula is C17H16O2. The van der Waals surface area contributed by atoms with Gasteiger partial charge in [0, 0.05) is 23.7 Å². The summed E-state index contributed by atoms with van der Waals surface area (Å²) in [4.78, 5) is 25.6. The first-order chi connectivity index (χ1) is 9.29. The molecule has 6 saturated carbocycles. The summed E-state index contributed by atoms with van der Waals surface area (Å²) >= 11 is 0. The molecule has 0 aromatic heterocycles. The highest BCUT2D eigenvalue weighted by atomic mass is 16.1. The maximum atomic E-state index is 12.8. The van der Waals surface area contributed by atoms with E-state index in [0.717, 1.165) is 12.3 Å². The number of carbonyl (C=O) groups excluding carboxylic acids is 2. The van der Waals surface area contributed by atoms with Gasteiger partial charge in [0.15, 0.2) is 0 Å². The van der Waals surface area contributed by atoms with E-state index in [1.807, 2.05) is 0 Å². The normalized spacial score (nSPS) is 75.2. The molecule has 7 aliphatic rings. The zero-order valence-corrected chi connectivity index (χ0v) is 10.6. The fourth-order valence-electron chi connectivity index (χ4n) is 8.79. The van der Waals surface area contributed by atoms with Crippen LogP contribution in [0.2, 0.25) is 0 Å². The molecule has 0 radical (unpaired) electrons. The SMILES string of the molecule is O=C1[C@H]2[C@H]3C4C5[C@H]2C=C[C@@H]5[C@H]2C(=O)[C@@H]5C[C@H]1[C@H]3[C@H]5[C@H]42. The Hall–Kier alpha value is -0.920. The summed E-state index contributed by atoms with van der Waals surface area (Å²) in [7, 11) is 0. The van der Waals surface area contributed by atoms with Crippen molar-refractivity contribution in [3.63, 3.8) is 0 Å². The van der Waals surface area contributed by atoms with Crippen LogP contribution in [0.5, 0.6) is 0 Å². The third-order valence-corrected chi connectivity index (χ3v) is 8.59. The van der Waals surface area contributed by atoms with Crippen molar-refractivity contribution in [1.82, 2.24) is 0 Å². The zero-order chi connectivity index (χ0) is 12.2. The van der Waals surface area contributed by atoms with Gasteiger partial charge in [-0.3, -0.25) is 9.59 Å². The molecule has 0 spiro atoms. The van der Waals surface area contributed by atoms with Gasteiger partial charge in [0.1, 0.15) is 11.6 Å². The molecule has 0 N–H and O–H groups in total. The number of allylic oxidation sites excluding steroid dienone is 2. The van der Waals surface area contributed by atoms with E-state index in [1.165, 1.54) is 0 Å². The lowest BCUT2D eigenvalue weighted by atomic mass is 9.79. The maximum Gasteiger partial charge on any atom is 0.140 e. The van der Waals surface area contributed by atoms with Crippen LogP contribution in [0.1, 0.15) is 6.42 Å². The summed E-state index contributed by atoms with van der Waals surface area (Å²) in [6, 6.07) is 0. The van der Waals surface area contributed by atoms with Crippen LogP contribution in [0, 0.1) is 71.0 Å². The summed E-state index contributed by atoms with van der Waals surface area (Å²) in [6.45, 7) is 0. The third kappa shape index (κ3) is 0.606. The lowest BCUT2D eigenvalue weighted by Crippen LogP contribution is -2.29. The Kier molecular flexibility index (Phi) is 1.09. The molecule has 2 heteroatoms. The predicted molar refractivity (Wildman–Crippen MR) is 65.7 cm³/mol. The van der Waals surface area contributed by atoms with Crippen molar-refractivity contribution < 1.29 is 9.59 Å². The van der Waals surface area contributed by atoms with Gasteiger partial charge in [-0.15, -0.1) is 0 Å². The molecule has 0 aliphatic heterocycles. The monoisotopic (exact) mass is 252 g/mol. The van der Waals surface area contributed by atoms with Crippen LogP contribution in [0.25, 0.3) is 0 Å². The van der Waals surface area contributed by atoms with Crippen LogP contribution >= 0.6 is 0 Å². The van der Waals surface area contributed by atoms with E-state index in [0.29, 0.717) is 64.8 Å². The number of fused-ring (bicyclic) bond motifs is 2. The fraction of sp³-hybridized carbons (Fsp3) is 0.765. The first-order valence-electron chi connectivity index (χ1n) is 8.05. The lowest BCUT2D eigenvalue weighted by Gasteiger charge is -2.23. The molecule has 7 aliphatic carbocycles. The number of ketones is 2. The summed E-state index contributed by atoms with van der Waals surface area (Å²) in [5.74, 6) is 7.57. The molecular weight excluding hydrogens is 236 g/mol. The molecule has 19 heavy (non-hydrogen) atoms. The smallest absolute Gasteiger partial charge is 0.140 e. The van der Waals surface area contributed by atoms with E-state index in [1.54, 1.807) is 0 Å². The van der Waals surface area contributed by atoms with Crippen LogP contribution in [0.3, 0.4) is 0 Å². The number of hydrogen-bond donors (Lipinski definition) is 0. The predicted octanol–water partition coefficient (Wildman–Crippen LogP) is 1.56. The molecule has 0 aromatic carbocycles. The second kappa shape index (κ2) is 2.27. The van der Waals surface area contributed by atoms with E-state index >= 15 is 0 Å². The molecule has 12 atom stereocenters. The van der Waals surface area contributed by atoms with Crippen LogP contribution in [-0.4, -0.2) is 11.6 Å². The van der Waals surface area contributed by atoms with E-state index in [-0.39, 0.29) is 11.8 Å². The standard InChI is InChI=1S/C17H16O2/c18-16-6-3-7-10-9(6)14-11(16)4-1-2-5-8(4)13(14)15(10)12(5)17(7)19/h1-2,4-15H,3H2/t4-,5+,6+,7-,8?,9-,10-,11+,12+,13?,14-,15-/m0/s1. The van der Waals surface area contributed by atoms with Gasteiger partial charge in [-0.1, -0.05) is 12.2 Å². The average molecular weight is 252 g/mol. The lowest BCUT2D eigenvalue weighted by molar-refractivity contribution is -0.128. The highest BCUT2D eigenvalue weighted by molar-refractivity contribution is 5.95. The zero-order valence-electron chi connectivity index (χ0n) is 10.6. The van der Waals surface area contributed by atoms with Gasteiger partial charge in [0.05, 0.1) is 0 Å². The van der Waals surface area contributed by atoms with Crippen LogP contribution in [0.4, 0.5) is 0 Å². The molecule has 7 rings (SSSR count). The third-order valence-electron chi connectivity index (χ3n) is 8.59.